The Kier molecular flexibility index (Phi) is 10.9. The first-order chi connectivity index (χ1) is 16.7. The number of carbonyl (C=O) groups is 2. The molecule has 0 aliphatic heterocycles. The van der Waals surface area contributed by atoms with Gasteiger partial charge < -0.3 is 15.1 Å². The predicted octanol–water partition coefficient (Wildman–Crippen LogP) is 3.14. The molecule has 0 bridgehead atoms. The molecule has 1 atom stereocenters. The first-order valence-corrected chi connectivity index (χ1v) is 12.3. The Morgan fingerprint density at radius 1 is 1.08 bits per heavy atom. The summed E-state index contributed by atoms with van der Waals surface area (Å²) in [4.78, 5) is 29.6. The Hall–Kier alpha value is -2.92. The van der Waals surface area contributed by atoms with Crippen molar-refractivity contribution in [1.29, 1.82) is 5.26 Å². The molecule has 8 heteroatoms. The fraction of sp³-hybridized carbons (Fsp3) is 0.464. The smallest absolute Gasteiger partial charge is 0.241 e. The van der Waals surface area contributed by atoms with Crippen LogP contribution >= 0.6 is 12.4 Å². The van der Waals surface area contributed by atoms with E-state index in [0.717, 1.165) is 24.1 Å². The molecule has 7 nitrogen and oxygen atoms in total. The summed E-state index contributed by atoms with van der Waals surface area (Å²) in [6, 6.07) is 14.3. The molecule has 194 valence electrons. The van der Waals surface area contributed by atoms with Crippen LogP contribution in [0, 0.1) is 25.2 Å². The molecule has 2 aromatic rings. The zero-order valence-electron chi connectivity index (χ0n) is 21.9. The van der Waals surface area contributed by atoms with Gasteiger partial charge in [0.15, 0.2) is 0 Å². The summed E-state index contributed by atoms with van der Waals surface area (Å²) < 4.78 is 0. The summed E-state index contributed by atoms with van der Waals surface area (Å²) in [5.74, 6) is -0.156. The number of rotatable bonds is 10. The minimum absolute atomic E-state index is 0. The Bertz CT molecular complexity index is 1110. The van der Waals surface area contributed by atoms with Gasteiger partial charge in [0, 0.05) is 37.9 Å². The van der Waals surface area contributed by atoms with Crippen molar-refractivity contribution in [3.8, 4) is 6.07 Å². The molecule has 0 fully saturated rings. The minimum atomic E-state index is -0.131. The van der Waals surface area contributed by atoms with Gasteiger partial charge in [-0.15, -0.1) is 12.4 Å². The van der Waals surface area contributed by atoms with Crippen LogP contribution in [0.5, 0.6) is 0 Å². The van der Waals surface area contributed by atoms with E-state index in [1.165, 1.54) is 16.7 Å². The summed E-state index contributed by atoms with van der Waals surface area (Å²) >= 11 is 0. The third-order valence-corrected chi connectivity index (χ3v) is 6.71. The van der Waals surface area contributed by atoms with Crippen LogP contribution in [0.25, 0.3) is 0 Å². The van der Waals surface area contributed by atoms with Crippen molar-refractivity contribution in [2.75, 3.05) is 38.1 Å². The van der Waals surface area contributed by atoms with Gasteiger partial charge >= 0.3 is 0 Å². The topological polar surface area (TPSA) is 88.5 Å². The molecule has 0 aromatic heterocycles. The number of halogens is 1. The van der Waals surface area contributed by atoms with Crippen LogP contribution in [0.2, 0.25) is 0 Å². The van der Waals surface area contributed by atoms with E-state index in [9.17, 15) is 14.9 Å². The third kappa shape index (κ3) is 7.30. The molecule has 1 aliphatic carbocycles. The Morgan fingerprint density at radius 2 is 1.81 bits per heavy atom. The monoisotopic (exact) mass is 511 g/mol. The highest BCUT2D eigenvalue weighted by atomic mass is 35.5. The largest absolute Gasteiger partial charge is 0.341 e. The second-order valence-corrected chi connectivity index (χ2v) is 9.65. The normalized spacial score (nSPS) is 14.1. The van der Waals surface area contributed by atoms with E-state index < -0.39 is 0 Å². The highest BCUT2D eigenvalue weighted by Gasteiger charge is 2.28. The number of benzene rings is 2. The number of fused-ring (bicyclic) bond motifs is 1. The van der Waals surface area contributed by atoms with Gasteiger partial charge in [0.1, 0.15) is 0 Å². The molecule has 0 saturated heterocycles. The van der Waals surface area contributed by atoms with Gasteiger partial charge in [-0.2, -0.15) is 5.26 Å². The van der Waals surface area contributed by atoms with Gasteiger partial charge in [0.2, 0.25) is 11.8 Å². The van der Waals surface area contributed by atoms with Gasteiger partial charge in [0.25, 0.3) is 0 Å². The van der Waals surface area contributed by atoms with E-state index in [4.69, 9.17) is 0 Å². The van der Waals surface area contributed by atoms with E-state index in [1.54, 1.807) is 17.0 Å². The number of nitrogens with one attached hydrogen (secondary N) is 2. The highest BCUT2D eigenvalue weighted by molar-refractivity contribution is 5.96. The SMILES string of the molecule is Cc1ccc(C#N)cc1N(CCNC(C)C)C(=O)CNCC(=O)N(C)C1Cc2cccc(C)c2C1.Cl. The fourth-order valence-corrected chi connectivity index (χ4v) is 4.60. The maximum Gasteiger partial charge on any atom is 0.241 e. The van der Waals surface area contributed by atoms with E-state index in [2.05, 4.69) is 55.7 Å². The quantitative estimate of drug-likeness (QED) is 0.511. The number of aryl methyl sites for hydroxylation is 2. The van der Waals surface area contributed by atoms with Crippen LogP contribution in [0.3, 0.4) is 0 Å². The lowest BCUT2D eigenvalue weighted by Gasteiger charge is -2.27. The number of hydrogen-bond acceptors (Lipinski definition) is 5. The van der Waals surface area contributed by atoms with E-state index in [0.29, 0.717) is 24.7 Å². The van der Waals surface area contributed by atoms with Crippen molar-refractivity contribution in [2.45, 2.75) is 52.6 Å². The lowest BCUT2D eigenvalue weighted by atomic mass is 10.1. The lowest BCUT2D eigenvalue weighted by Crippen LogP contribution is -2.46. The molecule has 2 amide bonds. The van der Waals surface area contributed by atoms with Crippen molar-refractivity contribution in [3.05, 3.63) is 64.2 Å². The van der Waals surface area contributed by atoms with Crippen LogP contribution in [-0.4, -0.2) is 62.0 Å². The van der Waals surface area contributed by atoms with Crippen LogP contribution in [0.1, 0.15) is 41.7 Å². The Balaban J connectivity index is 0.00000456. The standard InChI is InChI=1S/C28H37N5O2.ClH/c1-19(2)31-11-12-33(26-13-22(16-29)10-9-21(26)4)28(35)18-30-17-27(34)32(5)24-14-23-8-6-7-20(3)25(23)15-24;/h6-10,13,19,24,30-31H,11-12,14-15,17-18H2,1-5H3;1H. The van der Waals surface area contributed by atoms with E-state index in [-0.39, 0.29) is 43.4 Å². The average molecular weight is 512 g/mol. The molecule has 0 radical (unpaired) electrons. The molecule has 2 N–H and O–H groups in total. The number of hydrogen-bond donors (Lipinski definition) is 2. The zero-order chi connectivity index (χ0) is 25.5. The molecule has 2 aromatic carbocycles. The van der Waals surface area contributed by atoms with Gasteiger partial charge in [0.05, 0.1) is 24.7 Å². The molecule has 1 unspecified atom stereocenters. The number of nitriles is 1. The summed E-state index contributed by atoms with van der Waals surface area (Å²) in [6.07, 6.45) is 1.73. The molecule has 3 rings (SSSR count). The van der Waals surface area contributed by atoms with Crippen LogP contribution in [0.15, 0.2) is 36.4 Å². The van der Waals surface area contributed by atoms with Gasteiger partial charge in [-0.1, -0.05) is 38.1 Å². The van der Waals surface area contributed by atoms with Crippen LogP contribution < -0.4 is 15.5 Å². The summed E-state index contributed by atoms with van der Waals surface area (Å²) in [6.45, 7) is 9.41. The molecular weight excluding hydrogens is 474 g/mol. The second-order valence-electron chi connectivity index (χ2n) is 9.65. The number of likely N-dealkylation sites (N-methyl/N-ethyl adjacent to an activating group) is 1. The molecule has 1 aliphatic rings. The van der Waals surface area contributed by atoms with Crippen molar-refractivity contribution < 1.29 is 9.59 Å². The first kappa shape index (κ1) is 29.3. The number of amides is 2. The van der Waals surface area contributed by atoms with Crippen molar-refractivity contribution >= 4 is 29.9 Å². The lowest BCUT2D eigenvalue weighted by molar-refractivity contribution is -0.130. The Morgan fingerprint density at radius 3 is 2.47 bits per heavy atom. The Labute approximate surface area is 221 Å². The number of carbonyl (C=O) groups excluding carboxylic acids is 2. The zero-order valence-corrected chi connectivity index (χ0v) is 22.7. The van der Waals surface area contributed by atoms with Crippen molar-refractivity contribution in [3.63, 3.8) is 0 Å². The molecule has 0 spiro atoms. The minimum Gasteiger partial charge on any atom is -0.341 e. The average Bonchev–Trinajstić information content (AvgIpc) is 3.27. The van der Waals surface area contributed by atoms with E-state index >= 15 is 0 Å². The summed E-state index contributed by atoms with van der Waals surface area (Å²) in [7, 11) is 1.85. The molecular formula is C28H38ClN5O2. The molecule has 0 heterocycles. The predicted molar refractivity (Wildman–Crippen MR) is 147 cm³/mol. The molecule has 36 heavy (non-hydrogen) atoms. The summed E-state index contributed by atoms with van der Waals surface area (Å²) in [5, 5.41) is 15.7. The molecule has 0 saturated carbocycles. The third-order valence-electron chi connectivity index (χ3n) is 6.71. The first-order valence-electron chi connectivity index (χ1n) is 12.3. The fourth-order valence-electron chi connectivity index (χ4n) is 4.60. The van der Waals surface area contributed by atoms with E-state index in [1.807, 2.05) is 24.9 Å². The maximum absolute atomic E-state index is 13.2. The summed E-state index contributed by atoms with van der Waals surface area (Å²) in [5.41, 5.74) is 6.10. The highest BCUT2D eigenvalue weighted by Crippen LogP contribution is 2.27. The number of nitrogens with zero attached hydrogens (tertiary/aromatic N) is 3. The van der Waals surface area contributed by atoms with Crippen LogP contribution in [0.4, 0.5) is 5.69 Å². The van der Waals surface area contributed by atoms with Crippen molar-refractivity contribution in [2.24, 2.45) is 0 Å². The maximum atomic E-state index is 13.2. The van der Waals surface area contributed by atoms with Gasteiger partial charge in [-0.25, -0.2) is 0 Å². The van der Waals surface area contributed by atoms with Crippen LogP contribution in [-0.2, 0) is 22.4 Å². The van der Waals surface area contributed by atoms with Gasteiger partial charge in [-0.3, -0.25) is 14.9 Å². The number of anilines is 1. The van der Waals surface area contributed by atoms with Crippen molar-refractivity contribution in [1.82, 2.24) is 15.5 Å². The second kappa shape index (κ2) is 13.4. The van der Waals surface area contributed by atoms with Gasteiger partial charge in [-0.05, 0) is 61.1 Å².